The van der Waals surface area contributed by atoms with Gasteiger partial charge in [0.05, 0.1) is 0 Å². The molecular weight excluding hydrogens is 312 g/mol. The number of hydrogen-bond donors (Lipinski definition) is 2. The first kappa shape index (κ1) is 18.7. The molecule has 0 aromatic heterocycles. The van der Waals surface area contributed by atoms with Crippen LogP contribution in [0.3, 0.4) is 0 Å². The molecule has 0 atom stereocenters. The molecule has 0 heterocycles. The van der Waals surface area contributed by atoms with Gasteiger partial charge in [-0.2, -0.15) is 0 Å². The lowest BCUT2D eigenvalue weighted by molar-refractivity contribution is -0.120. The van der Waals surface area contributed by atoms with E-state index in [0.29, 0.717) is 11.3 Å². The number of carbonyl (C=O) groups excluding carboxylic acids is 2. The van der Waals surface area contributed by atoms with Gasteiger partial charge in [-0.05, 0) is 62.6 Å². The summed E-state index contributed by atoms with van der Waals surface area (Å²) >= 11 is 0. The summed E-state index contributed by atoms with van der Waals surface area (Å²) in [6.07, 6.45) is 1.64. The number of benzene rings is 2. The lowest BCUT2D eigenvalue weighted by atomic mass is 10.0. The van der Waals surface area contributed by atoms with Crippen molar-refractivity contribution in [3.63, 3.8) is 0 Å². The predicted octanol–water partition coefficient (Wildman–Crippen LogP) is 4.93. The van der Waals surface area contributed by atoms with Gasteiger partial charge in [0.2, 0.25) is 5.91 Å². The van der Waals surface area contributed by atoms with Crippen LogP contribution in [-0.2, 0) is 4.79 Å². The van der Waals surface area contributed by atoms with E-state index in [1.54, 1.807) is 24.3 Å². The quantitative estimate of drug-likeness (QED) is 0.784. The highest BCUT2D eigenvalue weighted by Crippen LogP contribution is 2.18. The Morgan fingerprint density at radius 2 is 1.56 bits per heavy atom. The lowest BCUT2D eigenvalue weighted by Crippen LogP contribution is -2.21. The third kappa shape index (κ3) is 4.92. The molecule has 4 heteroatoms. The Morgan fingerprint density at radius 1 is 0.920 bits per heavy atom. The summed E-state index contributed by atoms with van der Waals surface area (Å²) in [4.78, 5) is 24.5. The van der Waals surface area contributed by atoms with Crippen molar-refractivity contribution in [3.05, 3.63) is 59.2 Å². The van der Waals surface area contributed by atoms with E-state index < -0.39 is 0 Å². The van der Waals surface area contributed by atoms with Crippen molar-refractivity contribution in [2.24, 2.45) is 5.92 Å². The number of rotatable bonds is 6. The summed E-state index contributed by atoms with van der Waals surface area (Å²) in [5.41, 5.74) is 4.26. The van der Waals surface area contributed by atoms with Crippen LogP contribution in [0, 0.1) is 19.8 Å². The van der Waals surface area contributed by atoms with Gasteiger partial charge in [0.1, 0.15) is 0 Å². The maximum absolute atomic E-state index is 12.4. The summed E-state index contributed by atoms with van der Waals surface area (Å²) in [5.74, 6) is -0.116. The normalized spacial score (nSPS) is 10.6. The van der Waals surface area contributed by atoms with Gasteiger partial charge in [-0.3, -0.25) is 9.59 Å². The minimum atomic E-state index is -0.162. The lowest BCUT2D eigenvalue weighted by Gasteiger charge is -2.13. The van der Waals surface area contributed by atoms with Crippen LogP contribution in [0.25, 0.3) is 0 Å². The number of aryl methyl sites for hydroxylation is 2. The summed E-state index contributed by atoms with van der Waals surface area (Å²) in [6, 6.07) is 12.9. The van der Waals surface area contributed by atoms with Gasteiger partial charge < -0.3 is 10.6 Å². The van der Waals surface area contributed by atoms with Crippen LogP contribution in [-0.4, -0.2) is 11.8 Å². The molecule has 2 N–H and O–H groups in total. The standard InChI is InChI=1S/C21H26N2O2/c1-5-16(6-2)20(24)22-18-10-8-17(9-11-18)21(25)23-19-12-7-14(3)13-15(19)4/h7-13,16H,5-6H2,1-4H3,(H,22,24)(H,23,25). The molecule has 2 aromatic carbocycles. The van der Waals surface area contributed by atoms with Crippen LogP contribution in [0.1, 0.15) is 48.2 Å². The van der Waals surface area contributed by atoms with Crippen molar-refractivity contribution in [2.75, 3.05) is 10.6 Å². The van der Waals surface area contributed by atoms with Gasteiger partial charge in [-0.1, -0.05) is 31.5 Å². The molecule has 0 saturated carbocycles. The van der Waals surface area contributed by atoms with Gasteiger partial charge in [-0.25, -0.2) is 0 Å². The fraction of sp³-hybridized carbons (Fsp3) is 0.333. The molecule has 0 aliphatic heterocycles. The number of carbonyl (C=O) groups is 2. The van der Waals surface area contributed by atoms with Crippen LogP contribution >= 0.6 is 0 Å². The fourth-order valence-electron chi connectivity index (χ4n) is 2.76. The SMILES string of the molecule is CCC(CC)C(=O)Nc1ccc(C(=O)Nc2ccc(C)cc2C)cc1. The Hall–Kier alpha value is -2.62. The summed E-state index contributed by atoms with van der Waals surface area (Å²) < 4.78 is 0. The molecule has 0 aliphatic rings. The maximum Gasteiger partial charge on any atom is 0.255 e. The van der Waals surface area contributed by atoms with Gasteiger partial charge in [0, 0.05) is 22.9 Å². The molecule has 0 fully saturated rings. The van der Waals surface area contributed by atoms with E-state index in [1.807, 2.05) is 45.9 Å². The van der Waals surface area contributed by atoms with E-state index in [-0.39, 0.29) is 17.7 Å². The van der Waals surface area contributed by atoms with Crippen molar-refractivity contribution in [3.8, 4) is 0 Å². The second-order valence-electron chi connectivity index (χ2n) is 6.35. The first-order valence-corrected chi connectivity index (χ1v) is 8.74. The molecule has 4 nitrogen and oxygen atoms in total. The molecule has 0 saturated heterocycles. The zero-order valence-electron chi connectivity index (χ0n) is 15.3. The van der Waals surface area contributed by atoms with E-state index in [1.165, 1.54) is 0 Å². The first-order valence-electron chi connectivity index (χ1n) is 8.74. The summed E-state index contributed by atoms with van der Waals surface area (Å²) in [7, 11) is 0. The molecule has 0 spiro atoms. The molecule has 0 radical (unpaired) electrons. The second-order valence-corrected chi connectivity index (χ2v) is 6.35. The molecular formula is C21H26N2O2. The van der Waals surface area contributed by atoms with Crippen LogP contribution in [0.15, 0.2) is 42.5 Å². The van der Waals surface area contributed by atoms with E-state index in [2.05, 4.69) is 10.6 Å². The Labute approximate surface area is 149 Å². The average molecular weight is 338 g/mol. The monoisotopic (exact) mass is 338 g/mol. The highest BCUT2D eigenvalue weighted by Gasteiger charge is 2.14. The molecule has 132 valence electrons. The molecule has 2 amide bonds. The Balaban J connectivity index is 2.03. The molecule has 25 heavy (non-hydrogen) atoms. The van der Waals surface area contributed by atoms with Crippen molar-refractivity contribution in [1.29, 1.82) is 0 Å². The van der Waals surface area contributed by atoms with Crippen molar-refractivity contribution in [1.82, 2.24) is 0 Å². The van der Waals surface area contributed by atoms with E-state index in [0.717, 1.165) is 29.7 Å². The van der Waals surface area contributed by atoms with Crippen molar-refractivity contribution >= 4 is 23.2 Å². The Kier molecular flexibility index (Phi) is 6.34. The van der Waals surface area contributed by atoms with Gasteiger partial charge >= 0.3 is 0 Å². The van der Waals surface area contributed by atoms with Gasteiger partial charge in [0.25, 0.3) is 5.91 Å². The highest BCUT2D eigenvalue weighted by atomic mass is 16.2. The predicted molar refractivity (Wildman–Crippen MR) is 103 cm³/mol. The number of hydrogen-bond acceptors (Lipinski definition) is 2. The number of anilines is 2. The average Bonchev–Trinajstić information content (AvgIpc) is 2.59. The number of amides is 2. The number of nitrogens with one attached hydrogen (secondary N) is 2. The summed E-state index contributed by atoms with van der Waals surface area (Å²) in [6.45, 7) is 8.01. The van der Waals surface area contributed by atoms with Gasteiger partial charge in [-0.15, -0.1) is 0 Å². The van der Waals surface area contributed by atoms with Crippen LogP contribution < -0.4 is 10.6 Å². The fourth-order valence-corrected chi connectivity index (χ4v) is 2.76. The highest BCUT2D eigenvalue weighted by molar-refractivity contribution is 6.05. The second kappa shape index (κ2) is 8.47. The molecule has 0 unspecified atom stereocenters. The molecule has 2 aromatic rings. The zero-order chi connectivity index (χ0) is 18.4. The van der Waals surface area contributed by atoms with Crippen LogP contribution in [0.5, 0.6) is 0 Å². The van der Waals surface area contributed by atoms with Crippen molar-refractivity contribution in [2.45, 2.75) is 40.5 Å². The topological polar surface area (TPSA) is 58.2 Å². The molecule has 0 bridgehead atoms. The van der Waals surface area contributed by atoms with E-state index in [9.17, 15) is 9.59 Å². The van der Waals surface area contributed by atoms with Gasteiger partial charge in [0.15, 0.2) is 0 Å². The Morgan fingerprint density at radius 3 is 2.12 bits per heavy atom. The minimum Gasteiger partial charge on any atom is -0.326 e. The third-order valence-corrected chi connectivity index (χ3v) is 4.40. The molecule has 0 aliphatic carbocycles. The summed E-state index contributed by atoms with van der Waals surface area (Å²) in [5, 5.41) is 5.83. The molecule has 2 rings (SSSR count). The van der Waals surface area contributed by atoms with E-state index in [4.69, 9.17) is 0 Å². The minimum absolute atomic E-state index is 0.0208. The zero-order valence-corrected chi connectivity index (χ0v) is 15.3. The Bertz CT molecular complexity index is 747. The maximum atomic E-state index is 12.4. The largest absolute Gasteiger partial charge is 0.326 e. The van der Waals surface area contributed by atoms with Crippen LogP contribution in [0.2, 0.25) is 0 Å². The smallest absolute Gasteiger partial charge is 0.255 e. The van der Waals surface area contributed by atoms with Crippen LogP contribution in [0.4, 0.5) is 11.4 Å². The van der Waals surface area contributed by atoms with E-state index >= 15 is 0 Å². The van der Waals surface area contributed by atoms with Crippen molar-refractivity contribution < 1.29 is 9.59 Å². The third-order valence-electron chi connectivity index (χ3n) is 4.40. The first-order chi connectivity index (χ1) is 11.9.